The molecule has 0 atom stereocenters. The van der Waals surface area contributed by atoms with Crippen molar-refractivity contribution in [2.24, 2.45) is 5.92 Å². The van der Waals surface area contributed by atoms with E-state index in [0.717, 1.165) is 67.6 Å². The first kappa shape index (κ1) is 21.4. The van der Waals surface area contributed by atoms with Crippen LogP contribution in [-0.4, -0.2) is 42.5 Å². The van der Waals surface area contributed by atoms with E-state index in [1.165, 1.54) is 18.5 Å². The van der Waals surface area contributed by atoms with Crippen molar-refractivity contribution in [3.05, 3.63) is 60.1 Å². The van der Waals surface area contributed by atoms with E-state index in [0.29, 0.717) is 5.92 Å². The van der Waals surface area contributed by atoms with Crippen LogP contribution in [0.25, 0.3) is 11.0 Å². The third kappa shape index (κ3) is 4.92. The number of nitrogens with zero attached hydrogens (tertiary/aromatic N) is 3. The average Bonchev–Trinajstić information content (AvgIpc) is 3.20. The number of carbonyl (C=O) groups is 1. The van der Waals surface area contributed by atoms with Gasteiger partial charge in [-0.15, -0.1) is 0 Å². The number of furan rings is 1. The van der Waals surface area contributed by atoms with E-state index >= 15 is 0 Å². The smallest absolute Gasteiger partial charge is 0.257 e. The third-order valence-corrected chi connectivity index (χ3v) is 6.50. The maximum absolute atomic E-state index is 13.4. The van der Waals surface area contributed by atoms with E-state index in [4.69, 9.17) is 4.42 Å². The zero-order chi connectivity index (χ0) is 21.6. The summed E-state index contributed by atoms with van der Waals surface area (Å²) in [6.07, 6.45) is 10.0. The molecule has 1 fully saturated rings. The van der Waals surface area contributed by atoms with Crippen LogP contribution in [0.5, 0.6) is 0 Å². The molecular formula is C26H33N3O2. The van der Waals surface area contributed by atoms with Crippen molar-refractivity contribution < 1.29 is 9.21 Å². The zero-order valence-electron chi connectivity index (χ0n) is 18.7. The Morgan fingerprint density at radius 3 is 2.65 bits per heavy atom. The van der Waals surface area contributed by atoms with Crippen LogP contribution in [0.2, 0.25) is 0 Å². The number of carbonyl (C=O) groups excluding carboxylic acids is 1. The van der Waals surface area contributed by atoms with Crippen LogP contribution < -0.4 is 4.90 Å². The first-order chi connectivity index (χ1) is 15.2. The summed E-state index contributed by atoms with van der Waals surface area (Å²) in [6, 6.07) is 12.1. The molecule has 0 bridgehead atoms. The fourth-order valence-corrected chi connectivity index (χ4v) is 4.55. The van der Waals surface area contributed by atoms with E-state index in [1.807, 2.05) is 48.6 Å². The minimum absolute atomic E-state index is 0.0882. The van der Waals surface area contributed by atoms with E-state index in [2.05, 4.69) is 28.9 Å². The number of hydrogen-bond acceptors (Lipinski definition) is 4. The molecular weight excluding hydrogens is 386 g/mol. The summed E-state index contributed by atoms with van der Waals surface area (Å²) in [6.45, 7) is 5.08. The Hall–Kier alpha value is -2.82. The maximum atomic E-state index is 13.4. The summed E-state index contributed by atoms with van der Waals surface area (Å²) >= 11 is 0. The third-order valence-electron chi connectivity index (χ3n) is 6.50. The van der Waals surface area contributed by atoms with Crippen molar-refractivity contribution >= 4 is 22.6 Å². The van der Waals surface area contributed by atoms with Crippen LogP contribution in [0.3, 0.4) is 0 Å². The molecule has 0 N–H and O–H groups in total. The van der Waals surface area contributed by atoms with Gasteiger partial charge in [0, 0.05) is 56.6 Å². The first-order valence-corrected chi connectivity index (χ1v) is 11.6. The fraction of sp³-hybridized carbons (Fsp3) is 0.462. The molecule has 1 amide bonds. The van der Waals surface area contributed by atoms with Crippen LogP contribution in [0.15, 0.2) is 53.2 Å². The standard InChI is InChI=1S/C26H33N3O2/c1-3-4-8-24-25(22-7-5-6-9-23(22)31-24)26(30)28(2)17-12-20-13-18-29(19-14-20)21-10-15-27-16-11-21/h5-7,9-11,15-16,20H,3-4,8,12-14,17-19H2,1-2H3. The van der Waals surface area contributed by atoms with Crippen LogP contribution >= 0.6 is 0 Å². The summed E-state index contributed by atoms with van der Waals surface area (Å²) in [5.74, 6) is 1.59. The highest BCUT2D eigenvalue weighted by Gasteiger charge is 2.25. The minimum atomic E-state index is 0.0882. The van der Waals surface area contributed by atoms with Gasteiger partial charge in [0.15, 0.2) is 0 Å². The van der Waals surface area contributed by atoms with Crippen molar-refractivity contribution in [1.82, 2.24) is 9.88 Å². The highest BCUT2D eigenvalue weighted by atomic mass is 16.3. The first-order valence-electron chi connectivity index (χ1n) is 11.6. The molecule has 164 valence electrons. The van der Waals surface area contributed by atoms with Gasteiger partial charge in [-0.25, -0.2) is 0 Å². The van der Waals surface area contributed by atoms with Gasteiger partial charge in [0.1, 0.15) is 11.3 Å². The van der Waals surface area contributed by atoms with Gasteiger partial charge in [0.25, 0.3) is 5.91 Å². The lowest BCUT2D eigenvalue weighted by Gasteiger charge is -2.34. The molecule has 5 heteroatoms. The SMILES string of the molecule is CCCCc1oc2ccccc2c1C(=O)N(C)CCC1CCN(c2ccncc2)CC1. The molecule has 1 aromatic carbocycles. The van der Waals surface area contributed by atoms with Crippen LogP contribution in [0.1, 0.15) is 55.1 Å². The molecule has 0 radical (unpaired) electrons. The summed E-state index contributed by atoms with van der Waals surface area (Å²) < 4.78 is 6.06. The van der Waals surface area contributed by atoms with Gasteiger partial charge in [-0.1, -0.05) is 31.5 Å². The van der Waals surface area contributed by atoms with Gasteiger partial charge in [-0.2, -0.15) is 0 Å². The quantitative estimate of drug-likeness (QED) is 0.480. The number of fused-ring (bicyclic) bond motifs is 1. The number of aryl methyl sites for hydroxylation is 1. The maximum Gasteiger partial charge on any atom is 0.257 e. The highest BCUT2D eigenvalue weighted by molar-refractivity contribution is 6.07. The minimum Gasteiger partial charge on any atom is -0.460 e. The number of unbranched alkanes of at least 4 members (excludes halogenated alkanes) is 1. The number of rotatable bonds is 8. The Morgan fingerprint density at radius 2 is 1.90 bits per heavy atom. The Balaban J connectivity index is 1.36. The average molecular weight is 420 g/mol. The van der Waals surface area contributed by atoms with Crippen molar-refractivity contribution in [3.63, 3.8) is 0 Å². The molecule has 1 aliphatic heterocycles. The van der Waals surface area contributed by atoms with Crippen molar-refractivity contribution in [1.29, 1.82) is 0 Å². The summed E-state index contributed by atoms with van der Waals surface area (Å²) in [4.78, 5) is 21.8. The second-order valence-electron chi connectivity index (χ2n) is 8.65. The van der Waals surface area contributed by atoms with Gasteiger partial charge < -0.3 is 14.2 Å². The number of piperidine rings is 1. The van der Waals surface area contributed by atoms with E-state index in [1.54, 1.807) is 0 Å². The van der Waals surface area contributed by atoms with Crippen LogP contribution in [0.4, 0.5) is 5.69 Å². The number of hydrogen-bond donors (Lipinski definition) is 0. The molecule has 2 aromatic heterocycles. The Kier molecular flexibility index (Phi) is 6.90. The largest absolute Gasteiger partial charge is 0.460 e. The highest BCUT2D eigenvalue weighted by Crippen LogP contribution is 2.29. The second-order valence-corrected chi connectivity index (χ2v) is 8.65. The molecule has 0 unspecified atom stereocenters. The Bertz CT molecular complexity index is 990. The number of benzene rings is 1. The number of para-hydroxylation sites is 1. The van der Waals surface area contributed by atoms with Gasteiger partial charge in [-0.05, 0) is 49.8 Å². The molecule has 31 heavy (non-hydrogen) atoms. The molecule has 5 nitrogen and oxygen atoms in total. The predicted molar refractivity (Wildman–Crippen MR) is 126 cm³/mol. The van der Waals surface area contributed by atoms with Crippen molar-refractivity contribution in [2.45, 2.75) is 45.4 Å². The predicted octanol–water partition coefficient (Wildman–Crippen LogP) is 5.55. The van der Waals surface area contributed by atoms with E-state index in [9.17, 15) is 4.79 Å². The lowest BCUT2D eigenvalue weighted by molar-refractivity contribution is 0.0784. The topological polar surface area (TPSA) is 49.6 Å². The Labute approximate surface area is 185 Å². The fourth-order valence-electron chi connectivity index (χ4n) is 4.55. The number of aromatic nitrogens is 1. The summed E-state index contributed by atoms with van der Waals surface area (Å²) in [5, 5.41) is 0.941. The summed E-state index contributed by atoms with van der Waals surface area (Å²) in [7, 11) is 1.93. The Morgan fingerprint density at radius 1 is 1.16 bits per heavy atom. The summed E-state index contributed by atoms with van der Waals surface area (Å²) in [5.41, 5.74) is 2.83. The molecule has 3 aromatic rings. The zero-order valence-corrected chi connectivity index (χ0v) is 18.7. The van der Waals surface area contributed by atoms with Gasteiger partial charge >= 0.3 is 0 Å². The molecule has 0 aliphatic carbocycles. The van der Waals surface area contributed by atoms with Gasteiger partial charge in [0.05, 0.1) is 5.56 Å². The van der Waals surface area contributed by atoms with Crippen LogP contribution in [0, 0.1) is 5.92 Å². The molecule has 0 saturated carbocycles. The number of amides is 1. The van der Waals surface area contributed by atoms with Gasteiger partial charge in [-0.3, -0.25) is 9.78 Å². The van der Waals surface area contributed by atoms with Gasteiger partial charge in [0.2, 0.25) is 0 Å². The van der Waals surface area contributed by atoms with E-state index in [-0.39, 0.29) is 5.91 Å². The molecule has 1 aliphatic rings. The second kappa shape index (κ2) is 9.99. The molecule has 3 heterocycles. The van der Waals surface area contributed by atoms with Crippen molar-refractivity contribution in [3.8, 4) is 0 Å². The number of pyridine rings is 1. The normalized spacial score (nSPS) is 14.8. The molecule has 1 saturated heterocycles. The molecule has 4 rings (SSSR count). The lowest BCUT2D eigenvalue weighted by Crippen LogP contribution is -2.35. The lowest BCUT2D eigenvalue weighted by atomic mass is 9.93. The van der Waals surface area contributed by atoms with Crippen molar-refractivity contribution in [2.75, 3.05) is 31.6 Å². The number of anilines is 1. The molecule has 0 spiro atoms. The van der Waals surface area contributed by atoms with E-state index < -0.39 is 0 Å². The van der Waals surface area contributed by atoms with Crippen LogP contribution in [-0.2, 0) is 6.42 Å². The monoisotopic (exact) mass is 419 g/mol.